The zero-order valence-electron chi connectivity index (χ0n) is 12.7. The highest BCUT2D eigenvalue weighted by Gasteiger charge is 2.30. The van der Waals surface area contributed by atoms with Crippen LogP contribution in [0.2, 0.25) is 0 Å². The van der Waals surface area contributed by atoms with Crippen molar-refractivity contribution in [2.75, 3.05) is 7.11 Å². The van der Waals surface area contributed by atoms with Gasteiger partial charge in [0.2, 0.25) is 5.91 Å². The molecule has 1 aromatic carbocycles. The van der Waals surface area contributed by atoms with E-state index in [1.54, 1.807) is 6.08 Å². The summed E-state index contributed by atoms with van der Waals surface area (Å²) in [5.74, 6) is -1.04. The molecule has 0 bridgehead atoms. The Bertz CT molecular complexity index is 553. The largest absolute Gasteiger partial charge is 0.467 e. The van der Waals surface area contributed by atoms with E-state index in [0.29, 0.717) is 18.4 Å². The van der Waals surface area contributed by atoms with Crippen molar-refractivity contribution in [2.45, 2.75) is 31.5 Å². The van der Waals surface area contributed by atoms with E-state index in [-0.39, 0.29) is 6.42 Å². The number of benzene rings is 1. The molecule has 0 aliphatic heterocycles. The van der Waals surface area contributed by atoms with Gasteiger partial charge in [-0.1, -0.05) is 18.2 Å². The average Bonchev–Trinajstić information content (AvgIpc) is 2.50. The summed E-state index contributed by atoms with van der Waals surface area (Å²) in [7, 11) is 1.21. The number of ether oxygens (including phenoxy) is 1. The number of nitrogens with one attached hydrogen (secondary N) is 1. The molecule has 0 aliphatic carbocycles. The third-order valence-electron chi connectivity index (χ3n) is 3.13. The van der Waals surface area contributed by atoms with E-state index in [1.807, 2.05) is 0 Å². The maximum Gasteiger partial charge on any atom is 0.416 e. The van der Waals surface area contributed by atoms with Crippen LogP contribution in [0.25, 0.3) is 0 Å². The molecule has 23 heavy (non-hydrogen) atoms. The Morgan fingerprint density at radius 2 is 1.91 bits per heavy atom. The molecule has 0 aromatic heterocycles. The Morgan fingerprint density at radius 1 is 1.30 bits per heavy atom. The molecule has 1 aromatic rings. The van der Waals surface area contributed by atoms with Crippen LogP contribution in [0.1, 0.15) is 24.0 Å². The van der Waals surface area contributed by atoms with Crippen LogP contribution in [-0.2, 0) is 26.9 Å². The van der Waals surface area contributed by atoms with Gasteiger partial charge in [0.25, 0.3) is 0 Å². The highest BCUT2D eigenvalue weighted by molar-refractivity contribution is 5.85. The maximum absolute atomic E-state index is 12.5. The van der Waals surface area contributed by atoms with Gasteiger partial charge in [-0.05, 0) is 30.5 Å². The Hall–Kier alpha value is -2.31. The Labute approximate surface area is 132 Å². The van der Waals surface area contributed by atoms with Crippen LogP contribution in [0.3, 0.4) is 0 Å². The van der Waals surface area contributed by atoms with Gasteiger partial charge in [-0.15, -0.1) is 6.58 Å². The third kappa shape index (κ3) is 6.14. The summed E-state index contributed by atoms with van der Waals surface area (Å²) in [4.78, 5) is 23.5. The van der Waals surface area contributed by atoms with Gasteiger partial charge in [-0.25, -0.2) is 4.79 Å². The number of carbonyl (C=O) groups is 2. The van der Waals surface area contributed by atoms with Gasteiger partial charge in [0.1, 0.15) is 6.04 Å². The fraction of sp³-hybridized carbons (Fsp3) is 0.375. The number of rotatable bonds is 7. The molecule has 0 aliphatic rings. The number of amides is 1. The topological polar surface area (TPSA) is 55.4 Å². The summed E-state index contributed by atoms with van der Waals surface area (Å²) in [5, 5.41) is 2.51. The predicted octanol–water partition coefficient (Wildman–Crippen LogP) is 2.87. The summed E-state index contributed by atoms with van der Waals surface area (Å²) < 4.78 is 42.0. The number of alkyl halides is 3. The number of allylic oxidation sites excluding steroid dienone is 1. The minimum atomic E-state index is -4.42. The van der Waals surface area contributed by atoms with Crippen LogP contribution >= 0.6 is 0 Å². The molecule has 0 fully saturated rings. The number of hydrogen-bond acceptors (Lipinski definition) is 3. The lowest BCUT2D eigenvalue weighted by atomic mass is 10.1. The van der Waals surface area contributed by atoms with Gasteiger partial charge in [0, 0.05) is 0 Å². The maximum atomic E-state index is 12.5. The molecule has 1 rings (SSSR count). The van der Waals surface area contributed by atoms with Crippen LogP contribution in [0.5, 0.6) is 0 Å². The second-order valence-corrected chi connectivity index (χ2v) is 4.88. The molecule has 4 nitrogen and oxygen atoms in total. The van der Waals surface area contributed by atoms with Crippen LogP contribution < -0.4 is 5.32 Å². The summed E-state index contributed by atoms with van der Waals surface area (Å²) >= 11 is 0. The number of methoxy groups -OCH3 is 1. The molecule has 0 heterocycles. The van der Waals surface area contributed by atoms with E-state index >= 15 is 0 Å². The first-order valence-electron chi connectivity index (χ1n) is 6.92. The van der Waals surface area contributed by atoms with Crippen molar-refractivity contribution in [3.63, 3.8) is 0 Å². The van der Waals surface area contributed by atoms with Gasteiger partial charge in [-0.2, -0.15) is 13.2 Å². The molecule has 126 valence electrons. The van der Waals surface area contributed by atoms with Gasteiger partial charge < -0.3 is 10.1 Å². The summed E-state index contributed by atoms with van der Waals surface area (Å²) in [5.41, 5.74) is -0.358. The van der Waals surface area contributed by atoms with E-state index in [1.165, 1.54) is 19.2 Å². The van der Waals surface area contributed by atoms with Crippen LogP contribution in [0.15, 0.2) is 36.9 Å². The molecule has 0 radical (unpaired) electrons. The standard InChI is InChI=1S/C16H18F3NO3/c1-3-4-5-13(15(22)23-2)20-14(21)10-11-6-8-12(9-7-11)16(17,18)19/h3,6-9,13H,1,4-5,10H2,2H3,(H,20,21)/t13-/m1/s1. The van der Waals surface area contributed by atoms with E-state index in [9.17, 15) is 22.8 Å². The van der Waals surface area contributed by atoms with Crippen molar-refractivity contribution in [1.82, 2.24) is 5.32 Å². The summed E-state index contributed by atoms with van der Waals surface area (Å²) in [6.07, 6.45) is -2.08. The Morgan fingerprint density at radius 3 is 2.39 bits per heavy atom. The van der Waals surface area contributed by atoms with Gasteiger partial charge >= 0.3 is 12.1 Å². The van der Waals surface area contributed by atoms with Crippen LogP contribution in [0, 0.1) is 0 Å². The fourth-order valence-electron chi connectivity index (χ4n) is 1.92. The van der Waals surface area contributed by atoms with E-state index in [4.69, 9.17) is 0 Å². The Balaban J connectivity index is 2.67. The van der Waals surface area contributed by atoms with Crippen LogP contribution in [0.4, 0.5) is 13.2 Å². The molecule has 0 unspecified atom stereocenters. The molecule has 0 saturated heterocycles. The van der Waals surface area contributed by atoms with Crippen molar-refractivity contribution in [1.29, 1.82) is 0 Å². The summed E-state index contributed by atoms with van der Waals surface area (Å²) in [6.45, 7) is 3.54. The van der Waals surface area contributed by atoms with E-state index in [2.05, 4.69) is 16.6 Å². The fourth-order valence-corrected chi connectivity index (χ4v) is 1.92. The molecule has 1 atom stereocenters. The lowest BCUT2D eigenvalue weighted by Gasteiger charge is -2.16. The molecular weight excluding hydrogens is 311 g/mol. The second-order valence-electron chi connectivity index (χ2n) is 4.88. The molecule has 1 N–H and O–H groups in total. The van der Waals surface area contributed by atoms with E-state index < -0.39 is 29.7 Å². The van der Waals surface area contributed by atoms with Crippen molar-refractivity contribution in [3.8, 4) is 0 Å². The lowest BCUT2D eigenvalue weighted by molar-refractivity contribution is -0.145. The smallest absolute Gasteiger partial charge is 0.416 e. The van der Waals surface area contributed by atoms with Crippen molar-refractivity contribution in [2.24, 2.45) is 0 Å². The number of carbonyl (C=O) groups excluding carboxylic acids is 2. The number of esters is 1. The van der Waals surface area contributed by atoms with Crippen LogP contribution in [-0.4, -0.2) is 25.0 Å². The zero-order chi connectivity index (χ0) is 17.5. The zero-order valence-corrected chi connectivity index (χ0v) is 12.7. The summed E-state index contributed by atoms with van der Waals surface area (Å²) in [6, 6.07) is 3.49. The van der Waals surface area contributed by atoms with Gasteiger partial charge in [0.05, 0.1) is 19.1 Å². The minimum Gasteiger partial charge on any atom is -0.467 e. The molecule has 0 saturated carbocycles. The monoisotopic (exact) mass is 329 g/mol. The number of halogens is 3. The van der Waals surface area contributed by atoms with Crippen molar-refractivity contribution < 1.29 is 27.5 Å². The highest BCUT2D eigenvalue weighted by Crippen LogP contribution is 2.29. The van der Waals surface area contributed by atoms with E-state index in [0.717, 1.165) is 12.1 Å². The molecule has 0 spiro atoms. The number of hydrogen-bond donors (Lipinski definition) is 1. The van der Waals surface area contributed by atoms with Crippen molar-refractivity contribution in [3.05, 3.63) is 48.0 Å². The lowest BCUT2D eigenvalue weighted by Crippen LogP contribution is -2.42. The van der Waals surface area contributed by atoms with Crippen molar-refractivity contribution >= 4 is 11.9 Å². The quantitative estimate of drug-likeness (QED) is 0.618. The normalized spacial score (nSPS) is 12.3. The minimum absolute atomic E-state index is 0.125. The first-order valence-corrected chi connectivity index (χ1v) is 6.92. The second kappa shape index (κ2) is 8.36. The van der Waals surface area contributed by atoms with Gasteiger partial charge in [-0.3, -0.25) is 4.79 Å². The van der Waals surface area contributed by atoms with Gasteiger partial charge in [0.15, 0.2) is 0 Å². The first kappa shape index (κ1) is 18.7. The third-order valence-corrected chi connectivity index (χ3v) is 3.13. The molecular formula is C16H18F3NO3. The highest BCUT2D eigenvalue weighted by atomic mass is 19.4. The average molecular weight is 329 g/mol. The molecule has 7 heteroatoms. The molecule has 1 amide bonds. The SMILES string of the molecule is C=CCC[C@@H](NC(=O)Cc1ccc(C(F)(F)F)cc1)C(=O)OC. The first-order chi connectivity index (χ1) is 10.8. The Kier molecular flexibility index (Phi) is 6.81. The predicted molar refractivity (Wildman–Crippen MR) is 78.5 cm³/mol.